The van der Waals surface area contributed by atoms with Gasteiger partial charge in [-0.05, 0) is 12.8 Å². The molecular weight excluding hydrogens is 254 g/mol. The number of rotatable bonds is 4. The first-order chi connectivity index (χ1) is 8.24. The topological polar surface area (TPSA) is 83.7 Å². The van der Waals surface area contributed by atoms with Gasteiger partial charge in [0.25, 0.3) is 0 Å². The fraction of sp³-hybridized carbons (Fsp3) is 0.909. The van der Waals surface area contributed by atoms with Gasteiger partial charge < -0.3 is 10.6 Å². The lowest BCUT2D eigenvalue weighted by molar-refractivity contribution is -0.138. The van der Waals surface area contributed by atoms with Crippen molar-refractivity contribution in [1.82, 2.24) is 9.21 Å². The second kappa shape index (κ2) is 5.54. The standard InChI is InChI=1S/C11H23N3O3S/c1-4-11(12,5-2)10(15)13-6-8-14(9-7-13)18(3,16)17/h4-9,12H2,1-3H3. The SMILES string of the molecule is CCC(N)(CC)C(=O)N1CCN(S(C)(=O)=O)CC1. The smallest absolute Gasteiger partial charge is 0.242 e. The van der Waals surface area contributed by atoms with Crippen molar-refractivity contribution in [3.63, 3.8) is 0 Å². The zero-order valence-corrected chi connectivity index (χ0v) is 12.2. The third-order valence-corrected chi connectivity index (χ3v) is 4.99. The van der Waals surface area contributed by atoms with Gasteiger partial charge in [0.15, 0.2) is 0 Å². The number of hydrogen-bond acceptors (Lipinski definition) is 4. The number of amides is 1. The molecule has 0 saturated carbocycles. The Hall–Kier alpha value is -0.660. The molecule has 1 fully saturated rings. The largest absolute Gasteiger partial charge is 0.338 e. The minimum Gasteiger partial charge on any atom is -0.338 e. The summed E-state index contributed by atoms with van der Waals surface area (Å²) in [6, 6.07) is 0. The fourth-order valence-electron chi connectivity index (χ4n) is 2.09. The molecule has 2 N–H and O–H groups in total. The highest BCUT2D eigenvalue weighted by atomic mass is 32.2. The van der Waals surface area contributed by atoms with Crippen molar-refractivity contribution in [2.75, 3.05) is 32.4 Å². The molecule has 0 aliphatic carbocycles. The van der Waals surface area contributed by atoms with Crippen molar-refractivity contribution >= 4 is 15.9 Å². The number of carbonyl (C=O) groups is 1. The van der Waals surface area contributed by atoms with Crippen LogP contribution in [0.2, 0.25) is 0 Å². The highest BCUT2D eigenvalue weighted by Crippen LogP contribution is 2.17. The quantitative estimate of drug-likeness (QED) is 0.758. The first-order valence-electron chi connectivity index (χ1n) is 6.28. The van der Waals surface area contributed by atoms with Crippen molar-refractivity contribution < 1.29 is 13.2 Å². The first-order valence-corrected chi connectivity index (χ1v) is 8.13. The Morgan fingerprint density at radius 3 is 1.94 bits per heavy atom. The molecule has 1 aliphatic heterocycles. The van der Waals surface area contributed by atoms with Crippen molar-refractivity contribution in [3.05, 3.63) is 0 Å². The lowest BCUT2D eigenvalue weighted by Gasteiger charge is -2.38. The van der Waals surface area contributed by atoms with Crippen molar-refractivity contribution in [2.24, 2.45) is 5.73 Å². The normalized spacial score (nSPS) is 19.0. The maximum Gasteiger partial charge on any atom is 0.242 e. The van der Waals surface area contributed by atoms with Crippen molar-refractivity contribution in [2.45, 2.75) is 32.2 Å². The molecule has 0 unspecified atom stereocenters. The van der Waals surface area contributed by atoms with E-state index in [-0.39, 0.29) is 5.91 Å². The molecule has 0 atom stereocenters. The molecule has 7 heteroatoms. The summed E-state index contributed by atoms with van der Waals surface area (Å²) in [6.45, 7) is 5.35. The zero-order chi connectivity index (χ0) is 14.0. The molecule has 1 heterocycles. The number of hydrogen-bond donors (Lipinski definition) is 1. The second-order valence-corrected chi connectivity index (χ2v) is 6.80. The van der Waals surface area contributed by atoms with Crippen LogP contribution in [0.5, 0.6) is 0 Å². The van der Waals surface area contributed by atoms with Gasteiger partial charge in [-0.1, -0.05) is 13.8 Å². The van der Waals surface area contributed by atoms with E-state index in [4.69, 9.17) is 5.73 Å². The van der Waals surface area contributed by atoms with Crippen LogP contribution in [0.3, 0.4) is 0 Å². The van der Waals surface area contributed by atoms with Crippen LogP contribution >= 0.6 is 0 Å². The van der Waals surface area contributed by atoms with Gasteiger partial charge in [-0.3, -0.25) is 4.79 Å². The minimum absolute atomic E-state index is 0.0688. The average molecular weight is 277 g/mol. The van der Waals surface area contributed by atoms with Gasteiger partial charge in [0.1, 0.15) is 0 Å². The van der Waals surface area contributed by atoms with E-state index in [1.165, 1.54) is 10.6 Å². The summed E-state index contributed by atoms with van der Waals surface area (Å²) in [7, 11) is -3.16. The maximum atomic E-state index is 12.3. The molecule has 18 heavy (non-hydrogen) atoms. The summed E-state index contributed by atoms with van der Waals surface area (Å²) < 4.78 is 24.1. The number of nitrogens with zero attached hydrogens (tertiary/aromatic N) is 2. The van der Waals surface area contributed by atoms with Gasteiger partial charge in [0, 0.05) is 26.2 Å². The monoisotopic (exact) mass is 277 g/mol. The van der Waals surface area contributed by atoms with Crippen LogP contribution in [-0.4, -0.2) is 61.5 Å². The summed E-state index contributed by atoms with van der Waals surface area (Å²) in [5.41, 5.74) is 5.26. The Morgan fingerprint density at radius 2 is 1.61 bits per heavy atom. The van der Waals surface area contributed by atoms with Crippen LogP contribution in [0.4, 0.5) is 0 Å². The summed E-state index contributed by atoms with van der Waals surface area (Å²) in [5, 5.41) is 0. The first kappa shape index (κ1) is 15.4. The number of sulfonamides is 1. The van der Waals surface area contributed by atoms with Crippen LogP contribution in [0.25, 0.3) is 0 Å². The lowest BCUT2D eigenvalue weighted by Crippen LogP contribution is -2.59. The van der Waals surface area contributed by atoms with Crippen LogP contribution in [0.15, 0.2) is 0 Å². The minimum atomic E-state index is -3.16. The third kappa shape index (κ3) is 3.21. The lowest BCUT2D eigenvalue weighted by atomic mass is 9.92. The highest BCUT2D eigenvalue weighted by molar-refractivity contribution is 7.88. The molecule has 1 aliphatic rings. The van der Waals surface area contributed by atoms with E-state index in [9.17, 15) is 13.2 Å². The molecule has 6 nitrogen and oxygen atoms in total. The molecule has 106 valence electrons. The van der Waals surface area contributed by atoms with Gasteiger partial charge >= 0.3 is 0 Å². The van der Waals surface area contributed by atoms with E-state index in [2.05, 4.69) is 0 Å². The van der Waals surface area contributed by atoms with E-state index in [0.717, 1.165) is 0 Å². The van der Waals surface area contributed by atoms with E-state index >= 15 is 0 Å². The van der Waals surface area contributed by atoms with E-state index in [1.807, 2.05) is 13.8 Å². The molecular formula is C11H23N3O3S. The molecule has 0 aromatic carbocycles. The Morgan fingerprint density at radius 1 is 1.17 bits per heavy atom. The molecule has 1 amide bonds. The van der Waals surface area contributed by atoms with E-state index in [0.29, 0.717) is 39.0 Å². The summed E-state index contributed by atoms with van der Waals surface area (Å²) in [6.07, 6.45) is 2.37. The van der Waals surface area contributed by atoms with Crippen LogP contribution in [-0.2, 0) is 14.8 Å². The molecule has 1 saturated heterocycles. The van der Waals surface area contributed by atoms with Crippen LogP contribution in [0, 0.1) is 0 Å². The molecule has 0 spiro atoms. The zero-order valence-electron chi connectivity index (χ0n) is 11.3. The maximum absolute atomic E-state index is 12.3. The average Bonchev–Trinajstić information content (AvgIpc) is 2.36. The summed E-state index contributed by atoms with van der Waals surface area (Å²) >= 11 is 0. The Balaban J connectivity index is 2.66. The van der Waals surface area contributed by atoms with Crippen molar-refractivity contribution in [1.29, 1.82) is 0 Å². The van der Waals surface area contributed by atoms with Crippen LogP contribution in [0.1, 0.15) is 26.7 Å². The van der Waals surface area contributed by atoms with E-state index < -0.39 is 15.6 Å². The molecule has 0 bridgehead atoms. The van der Waals surface area contributed by atoms with Crippen molar-refractivity contribution in [3.8, 4) is 0 Å². The number of nitrogens with two attached hydrogens (primary N) is 1. The molecule has 0 radical (unpaired) electrons. The van der Waals surface area contributed by atoms with Gasteiger partial charge in [0.2, 0.25) is 15.9 Å². The Bertz CT molecular complexity index is 396. The highest BCUT2D eigenvalue weighted by Gasteiger charge is 2.36. The predicted octanol–water partition coefficient (Wildman–Crippen LogP) is -0.392. The second-order valence-electron chi connectivity index (χ2n) is 4.82. The Labute approximate surface area is 109 Å². The van der Waals surface area contributed by atoms with E-state index in [1.54, 1.807) is 4.90 Å². The van der Waals surface area contributed by atoms with Gasteiger partial charge in [-0.2, -0.15) is 4.31 Å². The molecule has 1 rings (SSSR count). The molecule has 0 aromatic rings. The van der Waals surface area contributed by atoms with Gasteiger partial charge in [-0.15, -0.1) is 0 Å². The number of carbonyl (C=O) groups excluding carboxylic acids is 1. The van der Waals surface area contributed by atoms with Crippen LogP contribution < -0.4 is 5.73 Å². The number of piperazine rings is 1. The van der Waals surface area contributed by atoms with Gasteiger partial charge in [0.05, 0.1) is 11.8 Å². The third-order valence-electron chi connectivity index (χ3n) is 3.68. The molecule has 0 aromatic heterocycles. The fourth-order valence-corrected chi connectivity index (χ4v) is 2.92. The Kier molecular flexibility index (Phi) is 4.74. The predicted molar refractivity (Wildman–Crippen MR) is 70.5 cm³/mol. The summed E-state index contributed by atoms with van der Waals surface area (Å²) in [4.78, 5) is 13.9. The van der Waals surface area contributed by atoms with Gasteiger partial charge in [-0.25, -0.2) is 8.42 Å². The summed E-state index contributed by atoms with van der Waals surface area (Å²) in [5.74, 6) is -0.0688.